The number of rotatable bonds is 3. The summed E-state index contributed by atoms with van der Waals surface area (Å²) >= 11 is 0. The number of aryl methyl sites for hydroxylation is 3. The minimum Gasteiger partial charge on any atom is -0.496 e. The second kappa shape index (κ2) is 5.37. The Morgan fingerprint density at radius 1 is 1.00 bits per heavy atom. The fourth-order valence-electron chi connectivity index (χ4n) is 2.23. The average Bonchev–Trinajstić information content (AvgIpc) is 2.43. The van der Waals surface area contributed by atoms with Crippen molar-refractivity contribution in [3.63, 3.8) is 0 Å². The number of benzene rings is 2. The molecule has 0 heterocycles. The monoisotopic (exact) mass is 269 g/mol. The van der Waals surface area contributed by atoms with Gasteiger partial charge in [0.1, 0.15) is 5.75 Å². The lowest BCUT2D eigenvalue weighted by Crippen LogP contribution is -2.06. The van der Waals surface area contributed by atoms with Gasteiger partial charge in [0, 0.05) is 16.8 Å². The maximum atomic E-state index is 12.6. The van der Waals surface area contributed by atoms with Crippen LogP contribution < -0.4 is 10.5 Å². The van der Waals surface area contributed by atoms with Crippen molar-refractivity contribution in [2.24, 2.45) is 0 Å². The molecule has 20 heavy (non-hydrogen) atoms. The van der Waals surface area contributed by atoms with E-state index in [2.05, 4.69) is 0 Å². The summed E-state index contributed by atoms with van der Waals surface area (Å²) in [7, 11) is 1.63. The fraction of sp³-hybridized carbons (Fsp3) is 0.235. The van der Waals surface area contributed by atoms with Gasteiger partial charge in [0.2, 0.25) is 0 Å². The van der Waals surface area contributed by atoms with Crippen molar-refractivity contribution < 1.29 is 9.53 Å². The van der Waals surface area contributed by atoms with E-state index in [0.717, 1.165) is 22.4 Å². The molecule has 0 fully saturated rings. The van der Waals surface area contributed by atoms with Crippen molar-refractivity contribution >= 4 is 11.5 Å². The molecule has 3 nitrogen and oxygen atoms in total. The first-order valence-electron chi connectivity index (χ1n) is 6.50. The van der Waals surface area contributed by atoms with Crippen molar-refractivity contribution in [3.05, 3.63) is 58.1 Å². The number of ketones is 1. The van der Waals surface area contributed by atoms with Gasteiger partial charge in [-0.2, -0.15) is 0 Å². The van der Waals surface area contributed by atoms with Crippen molar-refractivity contribution in [3.8, 4) is 5.75 Å². The van der Waals surface area contributed by atoms with Gasteiger partial charge in [-0.3, -0.25) is 4.79 Å². The molecular weight excluding hydrogens is 250 g/mol. The normalized spacial score (nSPS) is 10.4. The van der Waals surface area contributed by atoms with Crippen molar-refractivity contribution in [1.82, 2.24) is 0 Å². The summed E-state index contributed by atoms with van der Waals surface area (Å²) in [5, 5.41) is 0. The van der Waals surface area contributed by atoms with E-state index in [1.165, 1.54) is 0 Å². The minimum absolute atomic E-state index is 0.0105. The van der Waals surface area contributed by atoms with Gasteiger partial charge < -0.3 is 10.5 Å². The Balaban J connectivity index is 2.48. The van der Waals surface area contributed by atoms with Crippen LogP contribution in [0.3, 0.4) is 0 Å². The Morgan fingerprint density at radius 2 is 1.70 bits per heavy atom. The van der Waals surface area contributed by atoms with Crippen LogP contribution in [-0.4, -0.2) is 12.9 Å². The van der Waals surface area contributed by atoms with Gasteiger partial charge in [-0.15, -0.1) is 0 Å². The Bertz CT molecular complexity index is 675. The first-order chi connectivity index (χ1) is 9.43. The first-order valence-corrected chi connectivity index (χ1v) is 6.50. The molecule has 0 radical (unpaired) electrons. The molecule has 0 aliphatic carbocycles. The van der Waals surface area contributed by atoms with Crippen LogP contribution in [0.1, 0.15) is 32.6 Å². The highest BCUT2D eigenvalue weighted by Gasteiger charge is 2.14. The Hall–Kier alpha value is -2.29. The molecule has 2 rings (SSSR count). The number of nitrogen functional groups attached to an aromatic ring is 1. The molecule has 2 N–H and O–H groups in total. The van der Waals surface area contributed by atoms with Gasteiger partial charge in [0.15, 0.2) is 5.78 Å². The zero-order valence-corrected chi connectivity index (χ0v) is 12.3. The number of carbonyl (C=O) groups is 1. The zero-order valence-electron chi connectivity index (χ0n) is 12.3. The van der Waals surface area contributed by atoms with E-state index in [4.69, 9.17) is 10.5 Å². The van der Waals surface area contributed by atoms with Gasteiger partial charge in [0.25, 0.3) is 0 Å². The molecule has 0 aliphatic rings. The highest BCUT2D eigenvalue weighted by atomic mass is 16.5. The van der Waals surface area contributed by atoms with E-state index < -0.39 is 0 Å². The lowest BCUT2D eigenvalue weighted by atomic mass is 9.95. The zero-order chi connectivity index (χ0) is 14.9. The van der Waals surface area contributed by atoms with E-state index in [1.807, 2.05) is 39.0 Å². The van der Waals surface area contributed by atoms with Crippen LogP contribution in [0.2, 0.25) is 0 Å². The van der Waals surface area contributed by atoms with Crippen LogP contribution in [0.15, 0.2) is 30.3 Å². The molecule has 0 spiro atoms. The minimum atomic E-state index is 0.0105. The smallest absolute Gasteiger partial charge is 0.193 e. The number of hydrogen-bond acceptors (Lipinski definition) is 3. The van der Waals surface area contributed by atoms with Crippen molar-refractivity contribution in [1.29, 1.82) is 0 Å². The lowest BCUT2D eigenvalue weighted by molar-refractivity contribution is 0.103. The number of hydrogen-bond donors (Lipinski definition) is 1. The Morgan fingerprint density at radius 3 is 2.30 bits per heavy atom. The number of methoxy groups -OCH3 is 1. The summed E-state index contributed by atoms with van der Waals surface area (Å²) in [5.74, 6) is 0.809. The molecule has 0 aromatic heterocycles. The van der Waals surface area contributed by atoms with Crippen LogP contribution in [0, 0.1) is 20.8 Å². The molecule has 2 aromatic carbocycles. The number of ether oxygens (including phenoxy) is 1. The topological polar surface area (TPSA) is 52.3 Å². The van der Waals surface area contributed by atoms with Crippen molar-refractivity contribution in [2.75, 3.05) is 12.8 Å². The van der Waals surface area contributed by atoms with E-state index >= 15 is 0 Å². The largest absolute Gasteiger partial charge is 0.496 e. The van der Waals surface area contributed by atoms with Crippen LogP contribution >= 0.6 is 0 Å². The van der Waals surface area contributed by atoms with Crippen LogP contribution in [0.25, 0.3) is 0 Å². The highest BCUT2D eigenvalue weighted by molar-refractivity contribution is 6.10. The molecule has 0 saturated carbocycles. The molecule has 0 saturated heterocycles. The maximum Gasteiger partial charge on any atom is 0.193 e. The van der Waals surface area contributed by atoms with E-state index in [0.29, 0.717) is 16.8 Å². The predicted octanol–water partition coefficient (Wildman–Crippen LogP) is 3.43. The summed E-state index contributed by atoms with van der Waals surface area (Å²) in [6.07, 6.45) is 0. The summed E-state index contributed by atoms with van der Waals surface area (Å²) in [6, 6.07) is 9.14. The lowest BCUT2D eigenvalue weighted by Gasteiger charge is -2.11. The first kappa shape index (κ1) is 14.1. The molecule has 0 unspecified atom stereocenters. The van der Waals surface area contributed by atoms with Gasteiger partial charge in [-0.1, -0.05) is 0 Å². The van der Waals surface area contributed by atoms with Gasteiger partial charge in [-0.25, -0.2) is 0 Å². The average molecular weight is 269 g/mol. The summed E-state index contributed by atoms with van der Waals surface area (Å²) in [4.78, 5) is 12.6. The predicted molar refractivity (Wildman–Crippen MR) is 81.5 cm³/mol. The van der Waals surface area contributed by atoms with E-state index in [1.54, 1.807) is 19.2 Å². The molecule has 104 valence electrons. The standard InChI is InChI=1S/C17H19NO2/c1-10-9-16(20-4)12(3)8-14(10)17(19)13-5-6-15(18)11(2)7-13/h5-9H,18H2,1-4H3. The second-order valence-corrected chi connectivity index (χ2v) is 5.04. The van der Waals surface area contributed by atoms with E-state index in [9.17, 15) is 4.79 Å². The van der Waals surface area contributed by atoms with Crippen LogP contribution in [0.4, 0.5) is 5.69 Å². The molecule has 0 aliphatic heterocycles. The Kier molecular flexibility index (Phi) is 3.79. The third kappa shape index (κ3) is 2.52. The maximum absolute atomic E-state index is 12.6. The third-order valence-electron chi connectivity index (χ3n) is 3.52. The Labute approximate surface area is 119 Å². The summed E-state index contributed by atoms with van der Waals surface area (Å²) < 4.78 is 5.27. The van der Waals surface area contributed by atoms with Gasteiger partial charge >= 0.3 is 0 Å². The SMILES string of the molecule is COc1cc(C)c(C(=O)c2ccc(N)c(C)c2)cc1C. The van der Waals surface area contributed by atoms with Crippen LogP contribution in [0.5, 0.6) is 5.75 Å². The quantitative estimate of drug-likeness (QED) is 0.686. The number of nitrogens with two attached hydrogens (primary N) is 1. The molecular formula is C17H19NO2. The molecule has 3 heteroatoms. The van der Waals surface area contributed by atoms with Gasteiger partial charge in [-0.05, 0) is 67.8 Å². The third-order valence-corrected chi connectivity index (χ3v) is 3.52. The summed E-state index contributed by atoms with van der Waals surface area (Å²) in [6.45, 7) is 5.75. The van der Waals surface area contributed by atoms with Crippen molar-refractivity contribution in [2.45, 2.75) is 20.8 Å². The molecule has 0 atom stereocenters. The van der Waals surface area contributed by atoms with Gasteiger partial charge in [0.05, 0.1) is 7.11 Å². The fourth-order valence-corrected chi connectivity index (χ4v) is 2.23. The number of carbonyl (C=O) groups excluding carboxylic acids is 1. The van der Waals surface area contributed by atoms with E-state index in [-0.39, 0.29) is 5.78 Å². The second-order valence-electron chi connectivity index (χ2n) is 5.04. The molecule has 2 aromatic rings. The highest BCUT2D eigenvalue weighted by Crippen LogP contribution is 2.25. The summed E-state index contributed by atoms with van der Waals surface area (Å²) in [5.41, 5.74) is 10.6. The van der Waals surface area contributed by atoms with Crippen LogP contribution in [-0.2, 0) is 0 Å². The molecule has 0 amide bonds. The number of anilines is 1. The molecule has 0 bridgehead atoms.